The molecule has 11 rings (SSSR count). The molecule has 3 heterocycles. The van der Waals surface area contributed by atoms with E-state index in [1.54, 1.807) is 0 Å². The first-order chi connectivity index (χ1) is 24.5. The molecule has 0 unspecified atom stereocenters. The summed E-state index contributed by atoms with van der Waals surface area (Å²) in [5, 5.41) is 2.65. The molecule has 0 aliphatic heterocycles. The van der Waals surface area contributed by atoms with Gasteiger partial charge >= 0.3 is 0 Å². The molecule has 3 aromatic heterocycles. The predicted octanol–water partition coefficient (Wildman–Crippen LogP) is 11.1. The largest absolute Gasteiger partial charge is 0.313 e. The SMILES string of the molecule is CC1(C)C2=C(CCC(n3c4ccccc4c4ccccc43)=C2)c2cc3c(cc21)-c1ccc(-c2cnc4ncc(-c5ccccc5)n4c2)cc1C3. The molecule has 4 nitrogen and oxygen atoms in total. The second kappa shape index (κ2) is 10.0. The maximum atomic E-state index is 4.72. The van der Waals surface area contributed by atoms with E-state index < -0.39 is 0 Å². The number of aromatic nitrogens is 4. The molecular formula is C46H34N4. The highest BCUT2D eigenvalue weighted by atomic mass is 15.1. The third kappa shape index (κ3) is 3.82. The van der Waals surface area contributed by atoms with Crippen LogP contribution in [-0.2, 0) is 11.8 Å². The summed E-state index contributed by atoms with van der Waals surface area (Å²) < 4.78 is 4.62. The summed E-state index contributed by atoms with van der Waals surface area (Å²) >= 11 is 0. The Morgan fingerprint density at radius 1 is 0.620 bits per heavy atom. The Hall–Kier alpha value is -6.00. The summed E-state index contributed by atoms with van der Waals surface area (Å²) in [6, 6.07) is 40.1. The lowest BCUT2D eigenvalue weighted by Crippen LogP contribution is -2.18. The minimum Gasteiger partial charge on any atom is -0.313 e. The van der Waals surface area contributed by atoms with Gasteiger partial charge in [-0.1, -0.05) is 105 Å². The number of imidazole rings is 1. The first kappa shape index (κ1) is 27.9. The van der Waals surface area contributed by atoms with Crippen LogP contribution in [0, 0.1) is 0 Å². The minimum atomic E-state index is -0.0742. The van der Waals surface area contributed by atoms with E-state index >= 15 is 0 Å². The van der Waals surface area contributed by atoms with Crippen molar-refractivity contribution in [3.63, 3.8) is 0 Å². The van der Waals surface area contributed by atoms with Crippen LogP contribution in [0.2, 0.25) is 0 Å². The van der Waals surface area contributed by atoms with E-state index in [1.807, 2.05) is 18.5 Å². The van der Waals surface area contributed by atoms with Crippen LogP contribution in [0.1, 0.15) is 48.9 Å². The fraction of sp³-hybridized carbons (Fsp3) is 0.130. The van der Waals surface area contributed by atoms with E-state index in [0.717, 1.165) is 36.1 Å². The number of rotatable bonds is 3. The average molecular weight is 643 g/mol. The lowest BCUT2D eigenvalue weighted by Gasteiger charge is -2.26. The van der Waals surface area contributed by atoms with Crippen molar-refractivity contribution in [2.75, 3.05) is 0 Å². The Morgan fingerprint density at radius 2 is 1.34 bits per heavy atom. The van der Waals surface area contributed by atoms with Crippen molar-refractivity contribution < 1.29 is 0 Å². The van der Waals surface area contributed by atoms with Crippen LogP contribution in [0.15, 0.2) is 139 Å². The van der Waals surface area contributed by atoms with Crippen molar-refractivity contribution in [1.29, 1.82) is 0 Å². The van der Waals surface area contributed by atoms with Gasteiger partial charge in [-0.15, -0.1) is 0 Å². The van der Waals surface area contributed by atoms with Gasteiger partial charge in [0, 0.05) is 45.4 Å². The second-order valence-electron chi connectivity index (χ2n) is 14.6. The van der Waals surface area contributed by atoms with E-state index in [2.05, 4.69) is 143 Å². The van der Waals surface area contributed by atoms with Gasteiger partial charge in [0.1, 0.15) is 0 Å². The zero-order valence-electron chi connectivity index (χ0n) is 28.1. The minimum absolute atomic E-state index is 0.0742. The molecule has 0 radical (unpaired) electrons. The van der Waals surface area contributed by atoms with Crippen molar-refractivity contribution in [2.24, 2.45) is 0 Å². The molecule has 8 aromatic rings. The average Bonchev–Trinajstić information content (AvgIpc) is 3.89. The molecule has 0 fully saturated rings. The Bertz CT molecular complexity index is 2750. The molecule has 5 aromatic carbocycles. The van der Waals surface area contributed by atoms with E-state index in [0.29, 0.717) is 5.78 Å². The Kier molecular flexibility index (Phi) is 5.59. The van der Waals surface area contributed by atoms with Crippen molar-refractivity contribution in [3.8, 4) is 33.5 Å². The van der Waals surface area contributed by atoms with Gasteiger partial charge in [-0.05, 0) is 93.6 Å². The number of fused-ring (bicyclic) bond motifs is 9. The van der Waals surface area contributed by atoms with Gasteiger partial charge in [-0.25, -0.2) is 9.97 Å². The van der Waals surface area contributed by atoms with Crippen LogP contribution in [0.5, 0.6) is 0 Å². The van der Waals surface area contributed by atoms with Gasteiger partial charge in [0.2, 0.25) is 5.78 Å². The zero-order chi connectivity index (χ0) is 33.1. The van der Waals surface area contributed by atoms with E-state index in [4.69, 9.17) is 4.98 Å². The standard InChI is InChI=1S/C46H34N4/c1-46(2)40-23-33(50-42-14-8-6-12-36(42)37-13-7-9-15-43(37)50)17-19-35(40)39-22-31-21-30-20-29(16-18-34(30)38(31)24-41(39)46)32-25-47-45-48-26-44(49(45)27-32)28-10-4-3-5-11-28/h3-16,18,20,22-27H,17,19,21H2,1-2H3. The molecule has 0 saturated heterocycles. The lowest BCUT2D eigenvalue weighted by atomic mass is 9.79. The van der Waals surface area contributed by atoms with Crippen LogP contribution in [0.25, 0.3) is 72.4 Å². The zero-order valence-corrected chi connectivity index (χ0v) is 28.1. The maximum Gasteiger partial charge on any atom is 0.234 e. The third-order valence-corrected chi connectivity index (χ3v) is 11.6. The summed E-state index contributed by atoms with van der Waals surface area (Å²) in [4.78, 5) is 9.29. The number of allylic oxidation sites excluding steroid dienone is 4. The van der Waals surface area contributed by atoms with E-state index in [-0.39, 0.29) is 5.41 Å². The van der Waals surface area contributed by atoms with E-state index in [1.165, 1.54) is 77.6 Å². The maximum absolute atomic E-state index is 4.72. The number of hydrogen-bond acceptors (Lipinski definition) is 2. The van der Waals surface area contributed by atoms with Crippen LogP contribution in [-0.4, -0.2) is 18.9 Å². The van der Waals surface area contributed by atoms with Gasteiger partial charge in [-0.3, -0.25) is 4.40 Å². The third-order valence-electron chi connectivity index (χ3n) is 11.6. The number of nitrogens with zero attached hydrogens (tertiary/aromatic N) is 4. The van der Waals surface area contributed by atoms with Crippen LogP contribution < -0.4 is 0 Å². The van der Waals surface area contributed by atoms with Gasteiger partial charge < -0.3 is 4.57 Å². The van der Waals surface area contributed by atoms with E-state index in [9.17, 15) is 0 Å². The predicted molar refractivity (Wildman–Crippen MR) is 205 cm³/mol. The number of benzene rings is 5. The molecule has 0 atom stereocenters. The molecular weight excluding hydrogens is 609 g/mol. The van der Waals surface area contributed by atoms with Crippen molar-refractivity contribution >= 4 is 38.9 Å². The molecule has 0 saturated carbocycles. The van der Waals surface area contributed by atoms with Gasteiger partial charge in [0.15, 0.2) is 0 Å². The molecule has 4 heteroatoms. The molecule has 0 N–H and O–H groups in total. The van der Waals surface area contributed by atoms with Crippen molar-refractivity contribution in [2.45, 2.75) is 38.5 Å². The van der Waals surface area contributed by atoms with Gasteiger partial charge in [0.05, 0.1) is 22.9 Å². The van der Waals surface area contributed by atoms with Crippen LogP contribution in [0.4, 0.5) is 0 Å². The highest BCUT2D eigenvalue weighted by molar-refractivity contribution is 6.10. The quantitative estimate of drug-likeness (QED) is 0.192. The summed E-state index contributed by atoms with van der Waals surface area (Å²) in [5.74, 6) is 0.715. The topological polar surface area (TPSA) is 35.1 Å². The smallest absolute Gasteiger partial charge is 0.234 e. The normalized spacial score (nSPS) is 15.8. The van der Waals surface area contributed by atoms with Gasteiger partial charge in [-0.2, -0.15) is 0 Å². The molecule has 238 valence electrons. The molecule has 3 aliphatic carbocycles. The Balaban J connectivity index is 0.969. The molecule has 3 aliphatic rings. The number of hydrogen-bond donors (Lipinski definition) is 0. The lowest BCUT2D eigenvalue weighted by molar-refractivity contribution is 0.651. The fourth-order valence-corrected chi connectivity index (χ4v) is 9.15. The summed E-state index contributed by atoms with van der Waals surface area (Å²) in [7, 11) is 0. The van der Waals surface area contributed by atoms with Crippen molar-refractivity contribution in [1.82, 2.24) is 18.9 Å². The first-order valence-electron chi connectivity index (χ1n) is 17.7. The summed E-state index contributed by atoms with van der Waals surface area (Å²) in [5.41, 5.74) is 19.9. The molecule has 0 spiro atoms. The molecule has 50 heavy (non-hydrogen) atoms. The highest BCUT2D eigenvalue weighted by Crippen LogP contribution is 2.54. The molecule has 0 amide bonds. The van der Waals surface area contributed by atoms with Crippen molar-refractivity contribution in [3.05, 3.63) is 162 Å². The summed E-state index contributed by atoms with van der Waals surface area (Å²) in [6.07, 6.45) is 11.6. The Labute approximate surface area is 290 Å². The van der Waals surface area contributed by atoms with Gasteiger partial charge in [0.25, 0.3) is 0 Å². The highest BCUT2D eigenvalue weighted by Gasteiger charge is 2.40. The molecule has 0 bridgehead atoms. The fourth-order valence-electron chi connectivity index (χ4n) is 9.15. The Morgan fingerprint density at radius 3 is 2.14 bits per heavy atom. The van der Waals surface area contributed by atoms with Crippen LogP contribution >= 0.6 is 0 Å². The first-order valence-corrected chi connectivity index (χ1v) is 17.7. The van der Waals surface area contributed by atoms with Crippen LogP contribution in [0.3, 0.4) is 0 Å². The number of para-hydroxylation sites is 2. The second-order valence-corrected chi connectivity index (χ2v) is 14.6. The monoisotopic (exact) mass is 642 g/mol. The summed E-state index contributed by atoms with van der Waals surface area (Å²) in [6.45, 7) is 4.85.